The fourth-order valence-corrected chi connectivity index (χ4v) is 4.13. The van der Waals surface area contributed by atoms with E-state index < -0.39 is 16.1 Å². The lowest BCUT2D eigenvalue weighted by Gasteiger charge is -2.19. The number of carbonyl (C=O) groups is 2. The molecule has 0 unspecified atom stereocenters. The topological polar surface area (TPSA) is 95.6 Å². The maximum absolute atomic E-state index is 12.5. The summed E-state index contributed by atoms with van der Waals surface area (Å²) in [6, 6.07) is 3.92. The third-order valence-corrected chi connectivity index (χ3v) is 5.61. The fourth-order valence-electron chi connectivity index (χ4n) is 2.70. The van der Waals surface area contributed by atoms with Gasteiger partial charge in [0.25, 0.3) is 0 Å². The second-order valence-corrected chi connectivity index (χ2v) is 7.52. The van der Waals surface area contributed by atoms with Gasteiger partial charge in [-0.25, -0.2) is 8.42 Å². The number of anilines is 1. The van der Waals surface area contributed by atoms with E-state index in [4.69, 9.17) is 0 Å². The molecule has 24 heavy (non-hydrogen) atoms. The number of hydrogen-bond donors (Lipinski definition) is 2. The molecule has 2 N–H and O–H groups in total. The third kappa shape index (κ3) is 3.93. The number of benzene rings is 1. The number of nitrogens with one attached hydrogen (secondary N) is 2. The van der Waals surface area contributed by atoms with Gasteiger partial charge in [-0.15, -0.1) is 0 Å². The summed E-state index contributed by atoms with van der Waals surface area (Å²) in [4.78, 5) is 25.3. The van der Waals surface area contributed by atoms with Crippen LogP contribution in [0.3, 0.4) is 0 Å². The summed E-state index contributed by atoms with van der Waals surface area (Å²) in [6.07, 6.45) is 1.33. The van der Waals surface area contributed by atoms with Crippen LogP contribution in [0.25, 0.3) is 0 Å². The Labute approximate surface area is 142 Å². The molecule has 1 saturated heterocycles. The fraction of sp³-hybridized carbons (Fsp3) is 0.500. The number of hydrogen-bond acceptors (Lipinski definition) is 4. The van der Waals surface area contributed by atoms with E-state index in [2.05, 4.69) is 10.0 Å². The van der Waals surface area contributed by atoms with Crippen molar-refractivity contribution in [2.45, 2.75) is 44.6 Å². The van der Waals surface area contributed by atoms with Gasteiger partial charge < -0.3 is 10.2 Å². The molecule has 7 nitrogen and oxygen atoms in total. The molecule has 1 aromatic rings. The molecule has 2 rings (SSSR count). The molecule has 0 aliphatic carbocycles. The van der Waals surface area contributed by atoms with Gasteiger partial charge in [-0.05, 0) is 51.0 Å². The van der Waals surface area contributed by atoms with E-state index in [1.807, 2.05) is 0 Å². The number of sulfonamides is 1. The molecule has 1 aliphatic rings. The van der Waals surface area contributed by atoms with Gasteiger partial charge in [0, 0.05) is 25.2 Å². The number of nitrogens with zero attached hydrogens (tertiary/aromatic N) is 1. The number of aryl methyl sites for hydroxylation is 1. The van der Waals surface area contributed by atoms with Crippen LogP contribution in [-0.4, -0.2) is 39.4 Å². The van der Waals surface area contributed by atoms with Crippen LogP contribution < -0.4 is 14.9 Å². The summed E-state index contributed by atoms with van der Waals surface area (Å²) >= 11 is 0. The lowest BCUT2D eigenvalue weighted by Crippen LogP contribution is -2.44. The molecule has 1 heterocycles. The summed E-state index contributed by atoms with van der Waals surface area (Å²) in [6.45, 7) is 6.02. The lowest BCUT2D eigenvalue weighted by molar-refractivity contribution is -0.122. The molecule has 1 fully saturated rings. The lowest BCUT2D eigenvalue weighted by atomic mass is 10.2. The van der Waals surface area contributed by atoms with Gasteiger partial charge in [-0.1, -0.05) is 0 Å². The highest BCUT2D eigenvalue weighted by molar-refractivity contribution is 7.89. The van der Waals surface area contributed by atoms with Gasteiger partial charge in [0.05, 0.1) is 10.9 Å². The first-order chi connectivity index (χ1) is 11.3. The monoisotopic (exact) mass is 353 g/mol. The number of likely N-dealkylation sites (N-methyl/N-ethyl adjacent to an activating group) is 1. The standard InChI is InChI=1S/C16H23N3O4S/c1-4-17-16(21)12(3)18-24(22,23)14-8-7-13(10-11(14)2)19-9-5-6-15(19)20/h7-8,10,12,18H,4-6,9H2,1-3H3,(H,17,21)/t12-/m1/s1. The molecule has 0 aromatic heterocycles. The summed E-state index contributed by atoms with van der Waals surface area (Å²) in [7, 11) is -3.82. The Morgan fingerprint density at radius 2 is 2.08 bits per heavy atom. The molecule has 0 radical (unpaired) electrons. The summed E-state index contributed by atoms with van der Waals surface area (Å²) in [5, 5.41) is 2.57. The molecule has 132 valence electrons. The zero-order valence-electron chi connectivity index (χ0n) is 14.1. The van der Waals surface area contributed by atoms with Crippen molar-refractivity contribution in [3.8, 4) is 0 Å². The van der Waals surface area contributed by atoms with Crippen LogP contribution in [0.15, 0.2) is 23.1 Å². The average molecular weight is 353 g/mol. The summed E-state index contributed by atoms with van der Waals surface area (Å²) in [5.74, 6) is -0.328. The molecule has 1 aromatic carbocycles. The van der Waals surface area contributed by atoms with Crippen LogP contribution in [0.1, 0.15) is 32.3 Å². The van der Waals surface area contributed by atoms with E-state index in [9.17, 15) is 18.0 Å². The first-order valence-electron chi connectivity index (χ1n) is 7.97. The Balaban J connectivity index is 2.21. The second-order valence-electron chi connectivity index (χ2n) is 5.84. The molecule has 0 spiro atoms. The van der Waals surface area contributed by atoms with Crippen molar-refractivity contribution in [3.05, 3.63) is 23.8 Å². The second kappa shape index (κ2) is 7.31. The van der Waals surface area contributed by atoms with E-state index in [-0.39, 0.29) is 16.7 Å². The zero-order chi connectivity index (χ0) is 17.9. The van der Waals surface area contributed by atoms with Crippen molar-refractivity contribution >= 4 is 27.5 Å². The molecule has 0 bridgehead atoms. The van der Waals surface area contributed by atoms with Crippen LogP contribution >= 0.6 is 0 Å². The van der Waals surface area contributed by atoms with E-state index >= 15 is 0 Å². The Bertz CT molecular complexity index is 746. The Hall–Kier alpha value is -1.93. The van der Waals surface area contributed by atoms with E-state index in [1.165, 1.54) is 13.0 Å². The van der Waals surface area contributed by atoms with Crippen molar-refractivity contribution in [2.75, 3.05) is 18.0 Å². The highest BCUT2D eigenvalue weighted by Crippen LogP contribution is 2.26. The Kier molecular flexibility index (Phi) is 5.61. The highest BCUT2D eigenvalue weighted by Gasteiger charge is 2.25. The van der Waals surface area contributed by atoms with Crippen LogP contribution in [0.4, 0.5) is 5.69 Å². The Morgan fingerprint density at radius 1 is 1.38 bits per heavy atom. The van der Waals surface area contributed by atoms with Crippen molar-refractivity contribution < 1.29 is 18.0 Å². The SMILES string of the molecule is CCNC(=O)[C@@H](C)NS(=O)(=O)c1ccc(N2CCCC2=O)cc1C. The van der Waals surface area contributed by atoms with E-state index in [0.29, 0.717) is 30.8 Å². The molecule has 0 saturated carbocycles. The van der Waals surface area contributed by atoms with Crippen LogP contribution in [0.5, 0.6) is 0 Å². The van der Waals surface area contributed by atoms with E-state index in [1.54, 1.807) is 30.9 Å². The molecule has 2 amide bonds. The van der Waals surface area contributed by atoms with Crippen molar-refractivity contribution in [2.24, 2.45) is 0 Å². The minimum atomic E-state index is -3.82. The summed E-state index contributed by atoms with van der Waals surface area (Å²) in [5.41, 5.74) is 1.23. The predicted molar refractivity (Wildman–Crippen MR) is 91.2 cm³/mol. The largest absolute Gasteiger partial charge is 0.355 e. The average Bonchev–Trinajstić information content (AvgIpc) is 2.92. The van der Waals surface area contributed by atoms with Crippen molar-refractivity contribution in [1.82, 2.24) is 10.0 Å². The van der Waals surface area contributed by atoms with Crippen molar-refractivity contribution in [3.63, 3.8) is 0 Å². The zero-order valence-corrected chi connectivity index (χ0v) is 14.9. The minimum absolute atomic E-state index is 0.0491. The summed E-state index contributed by atoms with van der Waals surface area (Å²) < 4.78 is 27.4. The van der Waals surface area contributed by atoms with Gasteiger partial charge in [0.1, 0.15) is 0 Å². The van der Waals surface area contributed by atoms with Gasteiger partial charge in [-0.2, -0.15) is 4.72 Å². The van der Waals surface area contributed by atoms with Gasteiger partial charge in [-0.3, -0.25) is 9.59 Å². The maximum atomic E-state index is 12.5. The molecular weight excluding hydrogens is 330 g/mol. The minimum Gasteiger partial charge on any atom is -0.355 e. The van der Waals surface area contributed by atoms with E-state index in [0.717, 1.165) is 6.42 Å². The first-order valence-corrected chi connectivity index (χ1v) is 9.45. The molecule has 8 heteroatoms. The van der Waals surface area contributed by atoms with Crippen molar-refractivity contribution in [1.29, 1.82) is 0 Å². The highest BCUT2D eigenvalue weighted by atomic mass is 32.2. The third-order valence-electron chi connectivity index (χ3n) is 3.91. The molecule has 1 aliphatic heterocycles. The number of amides is 2. The predicted octanol–water partition coefficient (Wildman–Crippen LogP) is 0.925. The van der Waals surface area contributed by atoms with Crippen LogP contribution in [0.2, 0.25) is 0 Å². The normalized spacial score (nSPS) is 16.3. The maximum Gasteiger partial charge on any atom is 0.241 e. The first kappa shape index (κ1) is 18.4. The molecular formula is C16H23N3O4S. The van der Waals surface area contributed by atoms with Gasteiger partial charge >= 0.3 is 0 Å². The number of carbonyl (C=O) groups excluding carboxylic acids is 2. The number of rotatable bonds is 6. The molecule has 1 atom stereocenters. The van der Waals surface area contributed by atoms with Crippen LogP contribution in [-0.2, 0) is 19.6 Å². The smallest absolute Gasteiger partial charge is 0.241 e. The van der Waals surface area contributed by atoms with Gasteiger partial charge in [0.2, 0.25) is 21.8 Å². The Morgan fingerprint density at radius 3 is 2.62 bits per heavy atom. The van der Waals surface area contributed by atoms with Crippen LogP contribution in [0, 0.1) is 6.92 Å². The van der Waals surface area contributed by atoms with Gasteiger partial charge in [0.15, 0.2) is 0 Å². The quantitative estimate of drug-likeness (QED) is 0.795.